The summed E-state index contributed by atoms with van der Waals surface area (Å²) in [5, 5.41) is 2.81. The summed E-state index contributed by atoms with van der Waals surface area (Å²) in [6.45, 7) is 5.32. The first-order valence-electron chi connectivity index (χ1n) is 10.2. The third kappa shape index (κ3) is 4.71. The molecule has 2 aliphatic rings. The molecule has 2 aromatic rings. The Balaban J connectivity index is 1.34. The fourth-order valence-electron chi connectivity index (χ4n) is 3.98. The molecule has 2 aliphatic heterocycles. The lowest BCUT2D eigenvalue weighted by atomic mass is 10.00. The Kier molecular flexibility index (Phi) is 5.87. The van der Waals surface area contributed by atoms with Gasteiger partial charge in [-0.2, -0.15) is 0 Å². The summed E-state index contributed by atoms with van der Waals surface area (Å²) in [6, 6.07) is 14.4. The maximum atomic E-state index is 12.3. The summed E-state index contributed by atoms with van der Waals surface area (Å²) >= 11 is 0. The van der Waals surface area contributed by atoms with E-state index < -0.39 is 10.0 Å². The number of carbonyl (C=O) groups excluding carboxylic acids is 1. The largest absolute Gasteiger partial charge is 0.324 e. The zero-order valence-electron chi connectivity index (χ0n) is 17.0. The lowest BCUT2D eigenvalue weighted by Crippen LogP contribution is -2.33. The van der Waals surface area contributed by atoms with Crippen LogP contribution in [0.25, 0.3) is 0 Å². The van der Waals surface area contributed by atoms with Crippen molar-refractivity contribution in [2.24, 2.45) is 10.9 Å². The van der Waals surface area contributed by atoms with Gasteiger partial charge in [0.15, 0.2) is 0 Å². The molecule has 2 heterocycles. The van der Waals surface area contributed by atoms with Crippen LogP contribution in [-0.2, 0) is 21.4 Å². The van der Waals surface area contributed by atoms with Crippen LogP contribution < -0.4 is 10.0 Å². The molecule has 8 heteroatoms. The lowest BCUT2D eigenvalue weighted by Gasteiger charge is -2.30. The van der Waals surface area contributed by atoms with E-state index >= 15 is 0 Å². The van der Waals surface area contributed by atoms with E-state index in [0.717, 1.165) is 25.6 Å². The van der Waals surface area contributed by atoms with Gasteiger partial charge < -0.3 is 5.32 Å². The third-order valence-electron chi connectivity index (χ3n) is 5.43. The van der Waals surface area contributed by atoms with Crippen LogP contribution in [0, 0.1) is 5.92 Å². The number of fused-ring (bicyclic) bond motifs is 1. The number of amidine groups is 1. The van der Waals surface area contributed by atoms with Crippen molar-refractivity contribution >= 4 is 27.5 Å². The first kappa shape index (κ1) is 20.6. The molecule has 0 aliphatic carbocycles. The van der Waals surface area contributed by atoms with Gasteiger partial charge in [-0.25, -0.2) is 8.42 Å². The average molecular weight is 427 g/mol. The molecular weight excluding hydrogens is 400 g/mol. The highest BCUT2D eigenvalue weighted by molar-refractivity contribution is 7.90. The Bertz CT molecular complexity index is 1060. The summed E-state index contributed by atoms with van der Waals surface area (Å²) in [5.41, 5.74) is 2.41. The topological polar surface area (TPSA) is 90.9 Å². The lowest BCUT2D eigenvalue weighted by molar-refractivity contribution is -0.114. The first-order chi connectivity index (χ1) is 14.4. The third-order valence-corrected chi connectivity index (χ3v) is 6.83. The van der Waals surface area contributed by atoms with Gasteiger partial charge in [-0.1, -0.05) is 31.2 Å². The number of hydrogen-bond acceptors (Lipinski definition) is 5. The second-order valence-corrected chi connectivity index (χ2v) is 9.64. The normalized spacial score (nSPS) is 21.8. The number of nitrogens with one attached hydrogen (secondary N) is 2. The highest BCUT2D eigenvalue weighted by atomic mass is 32.2. The predicted octanol–water partition coefficient (Wildman–Crippen LogP) is 2.60. The van der Waals surface area contributed by atoms with Gasteiger partial charge in [0.05, 0.1) is 4.90 Å². The number of carbonyl (C=O) groups is 1. The van der Waals surface area contributed by atoms with Crippen molar-refractivity contribution in [1.29, 1.82) is 0 Å². The second kappa shape index (κ2) is 8.57. The fourth-order valence-corrected chi connectivity index (χ4v) is 5.24. The first-order valence-corrected chi connectivity index (χ1v) is 11.7. The van der Waals surface area contributed by atoms with E-state index in [-0.39, 0.29) is 23.2 Å². The van der Waals surface area contributed by atoms with Crippen molar-refractivity contribution in [2.75, 3.05) is 25.0 Å². The molecule has 30 heavy (non-hydrogen) atoms. The van der Waals surface area contributed by atoms with Crippen LogP contribution in [0.3, 0.4) is 0 Å². The SMILES string of the molecule is CC1CCCN(Cc2ccc(NC(=O)CN=C3NS(=O)(=O)c4ccccc43)cc2)C1. The molecular formula is C22H26N4O3S. The molecule has 2 aromatic carbocycles. The molecule has 1 atom stereocenters. The van der Waals surface area contributed by atoms with Crippen molar-refractivity contribution in [3.05, 3.63) is 59.7 Å². The van der Waals surface area contributed by atoms with Gasteiger partial charge in [0, 0.05) is 24.3 Å². The summed E-state index contributed by atoms with van der Waals surface area (Å²) in [4.78, 5) is 19.1. The maximum absolute atomic E-state index is 12.3. The molecule has 158 valence electrons. The Morgan fingerprint density at radius 3 is 2.73 bits per heavy atom. The van der Waals surface area contributed by atoms with Crippen molar-refractivity contribution in [2.45, 2.75) is 31.2 Å². The standard InChI is InChI=1S/C22H26N4O3S/c1-16-5-4-12-26(14-16)15-17-8-10-18(11-9-17)24-21(27)13-23-22-19-6-2-3-7-20(19)30(28,29)25-22/h2-3,6-11,16H,4-5,12-15H2,1H3,(H,23,25)(H,24,27). The van der Waals surface area contributed by atoms with Crippen LogP contribution in [0.1, 0.15) is 30.9 Å². The van der Waals surface area contributed by atoms with Gasteiger partial charge in [0.2, 0.25) is 5.91 Å². The Labute approximate surface area is 177 Å². The summed E-state index contributed by atoms with van der Waals surface area (Å²) in [5.74, 6) is 0.644. The molecule has 1 saturated heterocycles. The maximum Gasteiger partial charge on any atom is 0.263 e. The van der Waals surface area contributed by atoms with Crippen molar-refractivity contribution in [1.82, 2.24) is 9.62 Å². The minimum absolute atomic E-state index is 0.167. The van der Waals surface area contributed by atoms with Crippen LogP contribution >= 0.6 is 0 Å². The van der Waals surface area contributed by atoms with E-state index in [4.69, 9.17) is 0 Å². The molecule has 2 N–H and O–H groups in total. The number of hydrogen-bond donors (Lipinski definition) is 2. The highest BCUT2D eigenvalue weighted by Crippen LogP contribution is 2.22. The van der Waals surface area contributed by atoms with E-state index in [1.165, 1.54) is 24.5 Å². The number of anilines is 1. The quantitative estimate of drug-likeness (QED) is 0.769. The van der Waals surface area contributed by atoms with Gasteiger partial charge >= 0.3 is 0 Å². The van der Waals surface area contributed by atoms with Crippen LogP contribution in [-0.4, -0.2) is 44.7 Å². The molecule has 1 unspecified atom stereocenters. The summed E-state index contributed by atoms with van der Waals surface area (Å²) in [7, 11) is -3.60. The van der Waals surface area contributed by atoms with Gasteiger partial charge in [-0.15, -0.1) is 0 Å². The Hall–Kier alpha value is -2.71. The smallest absolute Gasteiger partial charge is 0.263 e. The fraction of sp³-hybridized carbons (Fsp3) is 0.364. The number of nitrogens with zero attached hydrogens (tertiary/aromatic N) is 2. The minimum Gasteiger partial charge on any atom is -0.324 e. The average Bonchev–Trinajstić information content (AvgIpc) is 2.99. The predicted molar refractivity (Wildman–Crippen MR) is 117 cm³/mol. The van der Waals surface area contributed by atoms with Crippen molar-refractivity contribution in [3.8, 4) is 0 Å². The van der Waals surface area contributed by atoms with Gasteiger partial charge in [0.25, 0.3) is 10.0 Å². The molecule has 0 radical (unpaired) electrons. The number of benzene rings is 2. The van der Waals surface area contributed by atoms with Gasteiger partial charge in [0.1, 0.15) is 12.4 Å². The number of rotatable bonds is 5. The van der Waals surface area contributed by atoms with E-state index in [1.54, 1.807) is 18.2 Å². The molecule has 0 bridgehead atoms. The molecule has 7 nitrogen and oxygen atoms in total. The van der Waals surface area contributed by atoms with Crippen LogP contribution in [0.5, 0.6) is 0 Å². The van der Waals surface area contributed by atoms with Crippen LogP contribution in [0.2, 0.25) is 0 Å². The Morgan fingerprint density at radius 2 is 1.97 bits per heavy atom. The Morgan fingerprint density at radius 1 is 1.20 bits per heavy atom. The van der Waals surface area contributed by atoms with Crippen molar-refractivity contribution in [3.63, 3.8) is 0 Å². The number of amides is 1. The van der Waals surface area contributed by atoms with E-state index in [1.807, 2.05) is 24.3 Å². The molecule has 0 spiro atoms. The molecule has 0 aromatic heterocycles. The van der Waals surface area contributed by atoms with E-state index in [9.17, 15) is 13.2 Å². The van der Waals surface area contributed by atoms with Crippen LogP contribution in [0.4, 0.5) is 5.69 Å². The minimum atomic E-state index is -3.60. The highest BCUT2D eigenvalue weighted by Gasteiger charge is 2.30. The van der Waals surface area contributed by atoms with Gasteiger partial charge in [-0.05, 0) is 55.1 Å². The number of aliphatic imine (C=N–C) groups is 1. The molecule has 4 rings (SSSR count). The zero-order chi connectivity index (χ0) is 21.1. The number of likely N-dealkylation sites (tertiary alicyclic amines) is 1. The number of piperidine rings is 1. The summed E-state index contributed by atoms with van der Waals surface area (Å²) in [6.07, 6.45) is 2.55. The zero-order valence-corrected chi connectivity index (χ0v) is 17.8. The monoisotopic (exact) mass is 426 g/mol. The van der Waals surface area contributed by atoms with E-state index in [0.29, 0.717) is 11.3 Å². The molecule has 1 amide bonds. The van der Waals surface area contributed by atoms with Gasteiger partial charge in [-0.3, -0.25) is 19.4 Å². The van der Waals surface area contributed by atoms with Crippen molar-refractivity contribution < 1.29 is 13.2 Å². The van der Waals surface area contributed by atoms with E-state index in [2.05, 4.69) is 26.9 Å². The molecule has 1 fully saturated rings. The summed E-state index contributed by atoms with van der Waals surface area (Å²) < 4.78 is 26.6. The second-order valence-electron chi connectivity index (χ2n) is 7.99. The number of sulfonamides is 1. The van der Waals surface area contributed by atoms with Crippen LogP contribution in [0.15, 0.2) is 58.4 Å². The molecule has 0 saturated carbocycles.